The second-order valence-corrected chi connectivity index (χ2v) is 5.94. The Morgan fingerprint density at radius 1 is 1.31 bits per heavy atom. The SMILES string of the molecule is COc1cccc([C@H](NC(=O)c2cc(C(C)=O)c[nH]2)c2nccn2C)c1. The lowest BCUT2D eigenvalue weighted by atomic mass is 10.1. The fourth-order valence-electron chi connectivity index (χ4n) is 2.71. The average molecular weight is 352 g/mol. The maximum Gasteiger partial charge on any atom is 0.268 e. The molecular formula is C19H20N4O3. The first kappa shape index (κ1) is 17.5. The smallest absolute Gasteiger partial charge is 0.268 e. The van der Waals surface area contributed by atoms with Crippen molar-refractivity contribution in [1.29, 1.82) is 0 Å². The highest BCUT2D eigenvalue weighted by atomic mass is 16.5. The first-order chi connectivity index (χ1) is 12.5. The Hall–Kier alpha value is -3.35. The van der Waals surface area contributed by atoms with Crippen LogP contribution in [0.2, 0.25) is 0 Å². The number of carbonyl (C=O) groups is 2. The van der Waals surface area contributed by atoms with Crippen LogP contribution in [0.25, 0.3) is 0 Å². The van der Waals surface area contributed by atoms with E-state index in [1.165, 1.54) is 13.1 Å². The minimum Gasteiger partial charge on any atom is -0.497 e. The van der Waals surface area contributed by atoms with Crippen LogP contribution < -0.4 is 10.1 Å². The highest BCUT2D eigenvalue weighted by molar-refractivity contribution is 5.99. The van der Waals surface area contributed by atoms with Gasteiger partial charge in [-0.1, -0.05) is 12.1 Å². The summed E-state index contributed by atoms with van der Waals surface area (Å²) >= 11 is 0. The molecule has 134 valence electrons. The Morgan fingerprint density at radius 3 is 2.73 bits per heavy atom. The van der Waals surface area contributed by atoms with E-state index in [-0.39, 0.29) is 11.7 Å². The minimum absolute atomic E-state index is 0.103. The number of nitrogens with one attached hydrogen (secondary N) is 2. The number of benzene rings is 1. The van der Waals surface area contributed by atoms with Gasteiger partial charge in [-0.15, -0.1) is 0 Å². The van der Waals surface area contributed by atoms with E-state index in [9.17, 15) is 9.59 Å². The summed E-state index contributed by atoms with van der Waals surface area (Å²) in [6.45, 7) is 1.46. The molecule has 1 atom stereocenters. The van der Waals surface area contributed by atoms with Crippen molar-refractivity contribution < 1.29 is 14.3 Å². The number of methoxy groups -OCH3 is 1. The molecule has 0 aliphatic rings. The van der Waals surface area contributed by atoms with Gasteiger partial charge in [-0.2, -0.15) is 0 Å². The zero-order valence-electron chi connectivity index (χ0n) is 14.8. The monoisotopic (exact) mass is 352 g/mol. The molecule has 0 aliphatic heterocycles. The molecule has 0 aliphatic carbocycles. The van der Waals surface area contributed by atoms with Crippen molar-refractivity contribution in [2.45, 2.75) is 13.0 Å². The highest BCUT2D eigenvalue weighted by Gasteiger charge is 2.23. The van der Waals surface area contributed by atoms with Crippen LogP contribution in [0.4, 0.5) is 0 Å². The molecule has 1 amide bonds. The number of H-pyrrole nitrogens is 1. The zero-order valence-corrected chi connectivity index (χ0v) is 14.8. The van der Waals surface area contributed by atoms with Crippen molar-refractivity contribution in [2.24, 2.45) is 7.05 Å². The molecule has 1 aromatic carbocycles. The summed E-state index contributed by atoms with van der Waals surface area (Å²) in [7, 11) is 3.46. The second kappa shape index (κ2) is 7.26. The van der Waals surface area contributed by atoms with Gasteiger partial charge in [-0.3, -0.25) is 9.59 Å². The number of aromatic nitrogens is 3. The van der Waals surface area contributed by atoms with E-state index < -0.39 is 6.04 Å². The van der Waals surface area contributed by atoms with Crippen LogP contribution in [0.3, 0.4) is 0 Å². The average Bonchev–Trinajstić information content (AvgIpc) is 3.29. The van der Waals surface area contributed by atoms with Crippen LogP contribution in [-0.2, 0) is 7.05 Å². The molecule has 26 heavy (non-hydrogen) atoms. The van der Waals surface area contributed by atoms with Crippen molar-refractivity contribution in [3.8, 4) is 5.75 Å². The van der Waals surface area contributed by atoms with Crippen LogP contribution in [0.1, 0.15) is 45.2 Å². The number of Topliss-reactive ketones (excluding diaryl/α,β-unsaturated/α-hetero) is 1. The van der Waals surface area contributed by atoms with Crippen molar-refractivity contribution in [2.75, 3.05) is 7.11 Å². The molecule has 0 radical (unpaired) electrons. The van der Waals surface area contributed by atoms with Gasteiger partial charge in [0, 0.05) is 31.2 Å². The van der Waals surface area contributed by atoms with Gasteiger partial charge >= 0.3 is 0 Å². The predicted octanol–water partition coefficient (Wildman–Crippen LogP) is 2.48. The molecule has 0 fully saturated rings. The van der Waals surface area contributed by atoms with Crippen LogP contribution in [0.15, 0.2) is 48.9 Å². The summed E-state index contributed by atoms with van der Waals surface area (Å²) in [5.41, 5.74) is 1.62. The minimum atomic E-state index is -0.471. The normalized spacial score (nSPS) is 11.8. The molecule has 0 saturated heterocycles. The number of nitrogens with zero attached hydrogens (tertiary/aromatic N) is 2. The topological polar surface area (TPSA) is 89.0 Å². The first-order valence-corrected chi connectivity index (χ1v) is 8.11. The third kappa shape index (κ3) is 3.51. The molecule has 3 aromatic rings. The van der Waals surface area contributed by atoms with Crippen LogP contribution in [-0.4, -0.2) is 33.3 Å². The second-order valence-electron chi connectivity index (χ2n) is 5.94. The first-order valence-electron chi connectivity index (χ1n) is 8.11. The Kier molecular flexibility index (Phi) is 4.88. The predicted molar refractivity (Wildman–Crippen MR) is 96.3 cm³/mol. The summed E-state index contributed by atoms with van der Waals surface area (Å²) in [6.07, 6.45) is 5.02. The summed E-state index contributed by atoms with van der Waals surface area (Å²) in [6, 6.07) is 8.52. The van der Waals surface area contributed by atoms with Gasteiger partial charge in [0.05, 0.1) is 7.11 Å². The van der Waals surface area contributed by atoms with Crippen LogP contribution in [0.5, 0.6) is 5.75 Å². The van der Waals surface area contributed by atoms with Gasteiger partial charge < -0.3 is 19.6 Å². The summed E-state index contributed by atoms with van der Waals surface area (Å²) in [5, 5.41) is 2.98. The van der Waals surface area contributed by atoms with Crippen LogP contribution in [0, 0.1) is 0 Å². The standard InChI is InChI=1S/C19H20N4O3/c1-12(24)14-10-16(21-11-14)19(25)22-17(18-20-7-8-23(18)2)13-5-4-6-15(9-13)26-3/h4-11,17,21H,1-3H3,(H,22,25)/t17-/m0/s1. The molecule has 3 rings (SSSR count). The van der Waals surface area contributed by atoms with Crippen molar-refractivity contribution in [3.63, 3.8) is 0 Å². The van der Waals surface area contributed by atoms with Gasteiger partial charge in [0.2, 0.25) is 0 Å². The number of carbonyl (C=O) groups excluding carboxylic acids is 2. The lowest BCUT2D eigenvalue weighted by Crippen LogP contribution is -2.31. The van der Waals surface area contributed by atoms with Gasteiger partial charge in [-0.25, -0.2) is 4.98 Å². The zero-order chi connectivity index (χ0) is 18.7. The largest absolute Gasteiger partial charge is 0.497 e. The van der Waals surface area contributed by atoms with E-state index in [0.717, 1.165) is 5.56 Å². The molecule has 7 heteroatoms. The quantitative estimate of drug-likeness (QED) is 0.667. The Bertz CT molecular complexity index is 942. The third-order valence-corrected chi connectivity index (χ3v) is 4.15. The fraction of sp³-hybridized carbons (Fsp3) is 0.211. The number of hydrogen-bond donors (Lipinski definition) is 2. The maximum atomic E-state index is 12.7. The molecule has 2 N–H and O–H groups in total. The number of ketones is 1. The Morgan fingerprint density at radius 2 is 2.12 bits per heavy atom. The number of rotatable bonds is 6. The van der Waals surface area contributed by atoms with Gasteiger partial charge in [0.25, 0.3) is 5.91 Å². The van der Waals surface area contributed by atoms with E-state index in [1.54, 1.807) is 19.4 Å². The van der Waals surface area contributed by atoms with Gasteiger partial charge in [-0.05, 0) is 30.7 Å². The molecule has 2 heterocycles. The number of aromatic amines is 1. The lowest BCUT2D eigenvalue weighted by Gasteiger charge is -2.19. The van der Waals surface area contributed by atoms with E-state index >= 15 is 0 Å². The molecule has 0 spiro atoms. The number of hydrogen-bond acceptors (Lipinski definition) is 4. The van der Waals surface area contributed by atoms with E-state index in [1.807, 2.05) is 42.1 Å². The molecule has 0 unspecified atom stereocenters. The molecule has 0 saturated carbocycles. The van der Waals surface area contributed by atoms with Crippen LogP contribution >= 0.6 is 0 Å². The van der Waals surface area contributed by atoms with Gasteiger partial charge in [0.1, 0.15) is 23.3 Å². The molecule has 0 bridgehead atoms. The molecule has 2 aromatic heterocycles. The summed E-state index contributed by atoms with van der Waals surface area (Å²) in [4.78, 5) is 31.4. The van der Waals surface area contributed by atoms with Crippen molar-refractivity contribution in [3.05, 3.63) is 71.6 Å². The number of aryl methyl sites for hydroxylation is 1. The molecular weight excluding hydrogens is 332 g/mol. The lowest BCUT2D eigenvalue weighted by molar-refractivity contribution is 0.0936. The number of amides is 1. The van der Waals surface area contributed by atoms with Crippen molar-refractivity contribution in [1.82, 2.24) is 19.9 Å². The highest BCUT2D eigenvalue weighted by Crippen LogP contribution is 2.24. The third-order valence-electron chi connectivity index (χ3n) is 4.15. The van der Waals surface area contributed by atoms with E-state index in [4.69, 9.17) is 4.74 Å². The summed E-state index contributed by atoms with van der Waals surface area (Å²) in [5.74, 6) is 0.946. The summed E-state index contributed by atoms with van der Waals surface area (Å²) < 4.78 is 7.14. The fourth-order valence-corrected chi connectivity index (χ4v) is 2.71. The number of ether oxygens (including phenoxy) is 1. The maximum absolute atomic E-state index is 12.7. The Labute approximate surface area is 151 Å². The van der Waals surface area contributed by atoms with Gasteiger partial charge in [0.15, 0.2) is 5.78 Å². The Balaban J connectivity index is 1.94. The molecule has 7 nitrogen and oxygen atoms in total. The number of imidazole rings is 1. The van der Waals surface area contributed by atoms with Crippen molar-refractivity contribution >= 4 is 11.7 Å². The van der Waals surface area contributed by atoms with E-state index in [0.29, 0.717) is 22.8 Å². The van der Waals surface area contributed by atoms with E-state index in [2.05, 4.69) is 15.3 Å².